The zero-order valence-corrected chi connectivity index (χ0v) is 12.7. The second kappa shape index (κ2) is 9.87. The summed E-state index contributed by atoms with van der Waals surface area (Å²) in [5, 5.41) is 0. The predicted octanol–water partition coefficient (Wildman–Crippen LogP) is 5.16. The number of unbranched alkanes of at least 4 members (excludes halogenated alkanes) is 2. The molecule has 1 aromatic rings. The van der Waals surface area contributed by atoms with E-state index in [0.717, 1.165) is 12.8 Å². The number of aryl methyl sites for hydroxylation is 3. The van der Waals surface area contributed by atoms with E-state index in [1.54, 1.807) is 0 Å². The van der Waals surface area contributed by atoms with Crippen molar-refractivity contribution in [2.24, 2.45) is 0 Å². The zero-order valence-electron chi connectivity index (χ0n) is 12.7. The Morgan fingerprint density at radius 3 is 1.67 bits per heavy atom. The number of ketones is 1. The molecule has 0 N–H and O–H groups in total. The first-order chi connectivity index (χ1) is 8.49. The summed E-state index contributed by atoms with van der Waals surface area (Å²) < 4.78 is 0. The van der Waals surface area contributed by atoms with Crippen LogP contribution in [0.25, 0.3) is 0 Å². The number of carbonyl (C=O) groups excluding carboxylic acids is 1. The summed E-state index contributed by atoms with van der Waals surface area (Å²) in [6.07, 6.45) is 5.00. The van der Waals surface area contributed by atoms with E-state index in [4.69, 9.17) is 0 Å². The summed E-state index contributed by atoms with van der Waals surface area (Å²) in [7, 11) is 0. The highest BCUT2D eigenvalue weighted by Crippen LogP contribution is 2.06. The van der Waals surface area contributed by atoms with Crippen LogP contribution in [0.1, 0.15) is 62.6 Å². The Hall–Kier alpha value is -1.11. The summed E-state index contributed by atoms with van der Waals surface area (Å²) in [5.74, 6) is 0.406. The molecule has 0 amide bonds. The Morgan fingerprint density at radius 1 is 0.889 bits per heavy atom. The highest BCUT2D eigenvalue weighted by molar-refractivity contribution is 5.77. The molecule has 0 heterocycles. The van der Waals surface area contributed by atoms with Crippen LogP contribution in [0, 0.1) is 20.8 Å². The van der Waals surface area contributed by atoms with Gasteiger partial charge in [0, 0.05) is 12.8 Å². The molecular formula is C17H28O. The molecule has 1 aromatic carbocycles. The van der Waals surface area contributed by atoms with Crippen LogP contribution in [0.15, 0.2) is 18.2 Å². The maximum absolute atomic E-state index is 10.7. The standard InChI is InChI=1S/C9H12.C8H16O/c1-7-4-8(2)6-9(3)5-7;1-3-5-6-7-8(9)4-2/h4-6H,1-3H3;3-7H2,1-2H3. The van der Waals surface area contributed by atoms with Crippen LogP contribution in [0.2, 0.25) is 0 Å². The minimum absolute atomic E-state index is 0.406. The van der Waals surface area contributed by atoms with Gasteiger partial charge in [-0.1, -0.05) is 61.6 Å². The lowest BCUT2D eigenvalue weighted by Gasteiger charge is -1.96. The van der Waals surface area contributed by atoms with Crippen molar-refractivity contribution < 1.29 is 4.79 Å². The predicted molar refractivity (Wildman–Crippen MR) is 80.1 cm³/mol. The summed E-state index contributed by atoms with van der Waals surface area (Å²) >= 11 is 0. The van der Waals surface area contributed by atoms with Crippen molar-refractivity contribution in [2.45, 2.75) is 66.7 Å². The van der Waals surface area contributed by atoms with Gasteiger partial charge in [-0.2, -0.15) is 0 Å². The largest absolute Gasteiger partial charge is 0.300 e. The average molecular weight is 248 g/mol. The minimum Gasteiger partial charge on any atom is -0.300 e. The first-order valence-corrected chi connectivity index (χ1v) is 7.06. The van der Waals surface area contributed by atoms with Gasteiger partial charge >= 0.3 is 0 Å². The molecule has 0 aromatic heterocycles. The highest BCUT2D eigenvalue weighted by atomic mass is 16.1. The molecular weight excluding hydrogens is 220 g/mol. The van der Waals surface area contributed by atoms with Gasteiger partial charge in [-0.3, -0.25) is 4.79 Å². The van der Waals surface area contributed by atoms with Crippen LogP contribution in [0.5, 0.6) is 0 Å². The van der Waals surface area contributed by atoms with Crippen LogP contribution in [-0.4, -0.2) is 5.78 Å². The normalized spacial score (nSPS) is 9.61. The van der Waals surface area contributed by atoms with Crippen molar-refractivity contribution in [3.05, 3.63) is 34.9 Å². The zero-order chi connectivity index (χ0) is 14.0. The van der Waals surface area contributed by atoms with Gasteiger partial charge in [-0.05, 0) is 27.2 Å². The van der Waals surface area contributed by atoms with Crippen molar-refractivity contribution in [2.75, 3.05) is 0 Å². The lowest BCUT2D eigenvalue weighted by Crippen LogP contribution is -1.93. The van der Waals surface area contributed by atoms with Gasteiger partial charge in [0.1, 0.15) is 5.78 Å². The molecule has 0 fully saturated rings. The monoisotopic (exact) mass is 248 g/mol. The first-order valence-electron chi connectivity index (χ1n) is 7.06. The van der Waals surface area contributed by atoms with E-state index >= 15 is 0 Å². The van der Waals surface area contributed by atoms with Crippen molar-refractivity contribution in [3.8, 4) is 0 Å². The third-order valence-corrected chi connectivity index (χ3v) is 2.82. The van der Waals surface area contributed by atoms with E-state index in [9.17, 15) is 4.79 Å². The second-order valence-corrected chi connectivity index (χ2v) is 5.01. The van der Waals surface area contributed by atoms with Crippen molar-refractivity contribution >= 4 is 5.78 Å². The minimum atomic E-state index is 0.406. The molecule has 1 heteroatoms. The molecule has 1 nitrogen and oxygen atoms in total. The van der Waals surface area contributed by atoms with Crippen molar-refractivity contribution in [1.29, 1.82) is 0 Å². The number of rotatable bonds is 5. The van der Waals surface area contributed by atoms with E-state index in [2.05, 4.69) is 45.9 Å². The number of carbonyl (C=O) groups is 1. The molecule has 0 aliphatic carbocycles. The van der Waals surface area contributed by atoms with E-state index in [1.807, 2.05) is 6.92 Å². The van der Waals surface area contributed by atoms with Crippen LogP contribution in [0.4, 0.5) is 0 Å². The van der Waals surface area contributed by atoms with Crippen LogP contribution in [0.3, 0.4) is 0 Å². The molecule has 102 valence electrons. The van der Waals surface area contributed by atoms with Crippen LogP contribution < -0.4 is 0 Å². The molecule has 1 rings (SSSR count). The lowest BCUT2D eigenvalue weighted by atomic mass is 10.1. The number of benzene rings is 1. The summed E-state index contributed by atoms with van der Waals surface area (Å²) in [4.78, 5) is 10.7. The molecule has 0 atom stereocenters. The van der Waals surface area contributed by atoms with Crippen molar-refractivity contribution in [1.82, 2.24) is 0 Å². The Labute approximate surface area is 113 Å². The number of Topliss-reactive ketones (excluding diaryl/α,β-unsaturated/α-hetero) is 1. The first kappa shape index (κ1) is 16.9. The molecule has 0 spiro atoms. The summed E-state index contributed by atoms with van der Waals surface area (Å²) in [6.45, 7) is 10.4. The highest BCUT2D eigenvalue weighted by Gasteiger charge is 1.95. The smallest absolute Gasteiger partial charge is 0.132 e. The Morgan fingerprint density at radius 2 is 1.33 bits per heavy atom. The average Bonchev–Trinajstić information content (AvgIpc) is 2.28. The fraction of sp³-hybridized carbons (Fsp3) is 0.588. The SMILES string of the molecule is CCCCCC(=O)CC.Cc1cc(C)cc(C)c1. The third kappa shape index (κ3) is 8.98. The summed E-state index contributed by atoms with van der Waals surface area (Å²) in [6, 6.07) is 6.56. The van der Waals surface area contributed by atoms with Gasteiger partial charge in [0.25, 0.3) is 0 Å². The Kier molecular flexibility index (Phi) is 9.26. The molecule has 0 bridgehead atoms. The van der Waals surface area contributed by atoms with Crippen LogP contribution in [-0.2, 0) is 4.79 Å². The molecule has 0 saturated heterocycles. The molecule has 0 aliphatic rings. The third-order valence-electron chi connectivity index (χ3n) is 2.82. The Balaban J connectivity index is 0.000000321. The molecule has 0 unspecified atom stereocenters. The number of hydrogen-bond acceptors (Lipinski definition) is 1. The van der Waals surface area contributed by atoms with Gasteiger partial charge in [-0.15, -0.1) is 0 Å². The van der Waals surface area contributed by atoms with Gasteiger partial charge in [0.2, 0.25) is 0 Å². The van der Waals surface area contributed by atoms with Gasteiger partial charge in [0.05, 0.1) is 0 Å². The molecule has 0 aliphatic heterocycles. The molecule has 18 heavy (non-hydrogen) atoms. The topological polar surface area (TPSA) is 17.1 Å². The van der Waals surface area contributed by atoms with Gasteiger partial charge in [0.15, 0.2) is 0 Å². The molecule has 0 radical (unpaired) electrons. The summed E-state index contributed by atoms with van der Waals surface area (Å²) in [5.41, 5.74) is 4.06. The number of hydrogen-bond donors (Lipinski definition) is 0. The van der Waals surface area contributed by atoms with E-state index in [0.29, 0.717) is 12.2 Å². The maximum Gasteiger partial charge on any atom is 0.132 e. The van der Waals surface area contributed by atoms with Crippen LogP contribution >= 0.6 is 0 Å². The molecule has 0 saturated carbocycles. The second-order valence-electron chi connectivity index (χ2n) is 5.01. The van der Waals surface area contributed by atoms with Gasteiger partial charge in [-0.25, -0.2) is 0 Å². The van der Waals surface area contributed by atoms with E-state index < -0.39 is 0 Å². The van der Waals surface area contributed by atoms with Gasteiger partial charge < -0.3 is 0 Å². The van der Waals surface area contributed by atoms with E-state index in [-0.39, 0.29) is 0 Å². The maximum atomic E-state index is 10.7. The van der Waals surface area contributed by atoms with E-state index in [1.165, 1.54) is 29.5 Å². The quantitative estimate of drug-likeness (QED) is 0.658. The van der Waals surface area contributed by atoms with Crippen molar-refractivity contribution in [3.63, 3.8) is 0 Å². The fourth-order valence-corrected chi connectivity index (χ4v) is 1.95. The lowest BCUT2D eigenvalue weighted by molar-refractivity contribution is -0.118. The Bertz CT molecular complexity index is 302. The fourth-order valence-electron chi connectivity index (χ4n) is 1.95.